The molecule has 22 nitrogen and oxygen atoms in total. The number of ketones is 2. The molecule has 2 aromatic carbocycles. The van der Waals surface area contributed by atoms with E-state index in [4.69, 9.17) is 42.6 Å². The van der Waals surface area contributed by atoms with E-state index in [1.807, 2.05) is 102 Å². The fourth-order valence-electron chi connectivity index (χ4n) is 16.7. The summed E-state index contributed by atoms with van der Waals surface area (Å²) in [7, 11) is 16.7. The van der Waals surface area contributed by atoms with Crippen molar-refractivity contribution < 1.29 is 72.0 Å². The number of hydrogen-bond donors (Lipinski definition) is 2. The van der Waals surface area contributed by atoms with Crippen LogP contribution in [0.3, 0.4) is 0 Å². The molecule has 3 aromatic rings. The van der Waals surface area contributed by atoms with Gasteiger partial charge in [-0.05, 0) is 201 Å². The Labute approximate surface area is 591 Å². The lowest BCUT2D eigenvalue weighted by Crippen LogP contribution is -2.60. The Bertz CT molecular complexity index is 3130. The molecular weight excluding hydrogens is 1260 g/mol. The lowest BCUT2D eigenvalue weighted by molar-refractivity contribution is -0.296. The molecule has 1 spiro atoms. The van der Waals surface area contributed by atoms with Crippen LogP contribution in [0.25, 0.3) is 10.8 Å². The molecule has 22 heteroatoms. The Morgan fingerprint density at radius 3 is 1.81 bits per heavy atom. The minimum absolute atomic E-state index is 0.0199. The molecule has 8 rings (SSSR count). The van der Waals surface area contributed by atoms with E-state index in [2.05, 4.69) is 69.9 Å². The fraction of sp³-hybridized carbons (Fsp3) is 0.753. The number of esters is 2. The molecule has 0 aliphatic carbocycles. The summed E-state index contributed by atoms with van der Waals surface area (Å²) in [6, 6.07) is 15.9. The van der Waals surface area contributed by atoms with Gasteiger partial charge in [0.05, 0.1) is 54.9 Å². The van der Waals surface area contributed by atoms with Crippen molar-refractivity contribution in [1.82, 2.24) is 34.4 Å². The third-order valence-electron chi connectivity index (χ3n) is 23.1. The van der Waals surface area contributed by atoms with Gasteiger partial charge in [-0.2, -0.15) is 0 Å². The monoisotopic (exact) mass is 1390 g/mol. The lowest BCUT2D eigenvalue weighted by Gasteiger charge is -2.48. The van der Waals surface area contributed by atoms with Crippen LogP contribution in [-0.4, -0.2) is 269 Å². The number of Topliss-reactive ketones (excluding diaryl/α,β-unsaturated/α-hetero) is 2. The number of pyridine rings is 1. The van der Waals surface area contributed by atoms with Crippen LogP contribution in [0.1, 0.15) is 138 Å². The van der Waals surface area contributed by atoms with Crippen LogP contribution in [-0.2, 0) is 70.2 Å². The number of cyclic esters (lactones) is 2. The normalized spacial score (nSPS) is 35.5. The van der Waals surface area contributed by atoms with Gasteiger partial charge >= 0.3 is 11.9 Å². The van der Waals surface area contributed by atoms with Crippen LogP contribution >= 0.6 is 0 Å². The smallest absolute Gasteiger partial charge is 0.319 e. The highest BCUT2D eigenvalue weighted by Gasteiger charge is 2.56. The summed E-state index contributed by atoms with van der Waals surface area (Å²) in [6.07, 6.45) is 0.300. The topological polar surface area (TPSA) is 224 Å². The summed E-state index contributed by atoms with van der Waals surface area (Å²) in [4.78, 5) is 80.1. The van der Waals surface area contributed by atoms with Crippen LogP contribution in [0, 0.1) is 34.5 Å². The van der Waals surface area contributed by atoms with Crippen LogP contribution in [0.15, 0.2) is 60.9 Å². The number of benzene rings is 2. The summed E-state index contributed by atoms with van der Waals surface area (Å²) in [6.45, 7) is 24.1. The van der Waals surface area contributed by atoms with Crippen molar-refractivity contribution in [3.63, 3.8) is 0 Å². The van der Waals surface area contributed by atoms with Crippen molar-refractivity contribution in [2.24, 2.45) is 34.5 Å². The number of rotatable bonds is 16. The summed E-state index contributed by atoms with van der Waals surface area (Å²) in [5.74, 6) is -3.88. The second-order valence-corrected chi connectivity index (χ2v) is 31.9. The quantitative estimate of drug-likeness (QED) is 0.102. The summed E-state index contributed by atoms with van der Waals surface area (Å²) in [5.41, 5.74) is -4.33. The number of ether oxygens (including phenoxy) is 9. The van der Waals surface area contributed by atoms with Gasteiger partial charge in [-0.3, -0.25) is 38.9 Å². The number of aliphatic hydroxyl groups excluding tert-OH is 2. The molecule has 0 amide bonds. The maximum Gasteiger partial charge on any atom is 0.319 e. The summed E-state index contributed by atoms with van der Waals surface area (Å²) >= 11 is 0. The molecule has 0 bridgehead atoms. The standard InChI is InChI=1S/C77H123N7O15/c1-50-42-75(9,92-18)68(99-70-64(86)62(80(13)14)39-52(3)97-70)54(5)66(88)74(8,72(90)95-49-77(82(16)45-50)29-33-84(34-30-77)48-56-24-25-58-27-31-78-44-59(58)40-56)28-26-57-43-76(10,93-19)67(98-69-63(85)61(79(11)12)38-51(2)96-69)53(4)65(87)73(6,7)71(89)94-37-21-32-83(36-35-81(15)46-57)47-55-22-20-23-60(41-55)91-17/h20,22-25,27,31,40-41,44,50-54,57,61-64,67-70,85-86H,21,26,28-30,32-39,42-43,45-49H2,1-19H3/t50-,51-,52-,53+,54+,57-,61+,62+,63-,64-,67-,68-,69+,70+,74+,75-,76-/m1/s1. The van der Waals surface area contributed by atoms with Crippen molar-refractivity contribution in [3.05, 3.63) is 72.1 Å². The first kappa shape index (κ1) is 80.1. The Morgan fingerprint density at radius 1 is 0.646 bits per heavy atom. The van der Waals surface area contributed by atoms with Gasteiger partial charge in [-0.25, -0.2) is 0 Å². The number of carbonyl (C=O) groups excluding carboxylic acids is 4. The molecule has 556 valence electrons. The highest BCUT2D eigenvalue weighted by atomic mass is 16.7. The fourth-order valence-corrected chi connectivity index (χ4v) is 16.7. The summed E-state index contributed by atoms with van der Waals surface area (Å²) < 4.78 is 59.0. The van der Waals surface area contributed by atoms with Gasteiger partial charge in [0.2, 0.25) is 0 Å². The first-order chi connectivity index (χ1) is 46.7. The lowest BCUT2D eigenvalue weighted by atomic mass is 9.69. The number of methoxy groups -OCH3 is 3. The molecule has 2 N–H and O–H groups in total. The van der Waals surface area contributed by atoms with Crippen molar-refractivity contribution >= 4 is 34.3 Å². The SMILES string of the molecule is COc1cccc(CN2CCCOC(=O)C(C)(C)C(=O)[C@H](C)[C@@H](O[C@@H]3O[C@H](C)C[C@H](N(C)C)[C@H]3O)[C@](C)(OC)C[C@@H](CC[C@]3(C)C(=O)OCC4(CCN(Cc5ccc6ccncc6c5)CC4)N(C)C[C@H](C)C[C@@](C)(OC)[C@H](O[C@@H]4O[C@H](C)C[C@H](N(C)C)[C@H]4O)[C@@H](C)C3=O)CN(C)CC2)c1. The predicted octanol–water partition coefficient (Wildman–Crippen LogP) is 8.14. The van der Waals surface area contributed by atoms with E-state index in [9.17, 15) is 15.0 Å². The maximum absolute atomic E-state index is 16.6. The molecule has 0 radical (unpaired) electrons. The predicted molar refractivity (Wildman–Crippen MR) is 381 cm³/mol. The van der Waals surface area contributed by atoms with E-state index in [1.54, 1.807) is 55.9 Å². The van der Waals surface area contributed by atoms with Gasteiger partial charge in [-0.1, -0.05) is 45.0 Å². The molecule has 1 aromatic heterocycles. The number of carbonyl (C=O) groups is 4. The van der Waals surface area contributed by atoms with Crippen molar-refractivity contribution in [3.8, 4) is 5.75 Å². The van der Waals surface area contributed by atoms with Gasteiger partial charge in [0.15, 0.2) is 24.1 Å². The number of hydrogen-bond acceptors (Lipinski definition) is 22. The Hall–Kier alpha value is -4.63. The average Bonchev–Trinajstić information content (AvgIpc) is 1.70. The van der Waals surface area contributed by atoms with Crippen LogP contribution < -0.4 is 4.74 Å². The van der Waals surface area contributed by atoms with E-state index >= 15 is 14.4 Å². The van der Waals surface area contributed by atoms with Gasteiger partial charge in [-0.15, -0.1) is 0 Å². The van der Waals surface area contributed by atoms with Crippen molar-refractivity contribution in [2.75, 3.05) is 123 Å². The molecule has 6 heterocycles. The molecule has 17 atom stereocenters. The molecule has 0 saturated carbocycles. The summed E-state index contributed by atoms with van der Waals surface area (Å²) in [5, 5.41) is 26.5. The van der Waals surface area contributed by atoms with Gasteiger partial charge in [0.1, 0.15) is 35.4 Å². The number of piperidine rings is 1. The van der Waals surface area contributed by atoms with Gasteiger partial charge < -0.3 is 67.5 Å². The number of aliphatic hydroxyl groups is 2. The zero-order chi connectivity index (χ0) is 72.5. The third-order valence-corrected chi connectivity index (χ3v) is 23.1. The van der Waals surface area contributed by atoms with E-state index in [-0.39, 0.29) is 68.6 Å². The molecule has 5 aliphatic rings. The molecule has 5 fully saturated rings. The molecule has 0 unspecified atom stereocenters. The van der Waals surface area contributed by atoms with Crippen LogP contribution in [0.5, 0.6) is 5.75 Å². The van der Waals surface area contributed by atoms with E-state index in [1.165, 1.54) is 5.56 Å². The van der Waals surface area contributed by atoms with Crippen molar-refractivity contribution in [1.29, 1.82) is 0 Å². The second kappa shape index (κ2) is 34.3. The largest absolute Gasteiger partial charge is 0.497 e. The van der Waals surface area contributed by atoms with E-state index in [0.29, 0.717) is 77.8 Å². The Morgan fingerprint density at radius 2 is 1.22 bits per heavy atom. The highest BCUT2D eigenvalue weighted by molar-refractivity contribution is 6.05. The number of likely N-dealkylation sites (N-methyl/N-ethyl adjacent to an activating group) is 4. The Balaban J connectivity index is 1.21. The zero-order valence-electron chi connectivity index (χ0n) is 63.3. The number of nitrogens with zero attached hydrogens (tertiary/aromatic N) is 7. The molecule has 99 heavy (non-hydrogen) atoms. The number of fused-ring (bicyclic) bond motifs is 1. The third kappa shape index (κ3) is 19.2. The minimum atomic E-state index is -1.81. The van der Waals surface area contributed by atoms with Crippen molar-refractivity contribution in [2.45, 2.75) is 218 Å². The number of likely N-dealkylation sites (tertiary alicyclic amines) is 1. The van der Waals surface area contributed by atoms with Gasteiger partial charge in [0, 0.05) is 115 Å². The average molecular weight is 1390 g/mol. The van der Waals surface area contributed by atoms with E-state index < -0.39 is 99.9 Å². The first-order valence-corrected chi connectivity index (χ1v) is 36.3. The van der Waals surface area contributed by atoms with Crippen LogP contribution in [0.4, 0.5) is 0 Å². The minimum Gasteiger partial charge on any atom is -0.497 e. The second-order valence-electron chi connectivity index (χ2n) is 31.9. The Kier molecular flexibility index (Phi) is 27.8. The number of aromatic nitrogens is 1. The van der Waals surface area contributed by atoms with Gasteiger partial charge in [0.25, 0.3) is 0 Å². The molecule has 5 saturated heterocycles. The molecular formula is C77H123N7O15. The maximum atomic E-state index is 16.6. The highest BCUT2D eigenvalue weighted by Crippen LogP contribution is 2.45. The first-order valence-electron chi connectivity index (χ1n) is 36.3. The van der Waals surface area contributed by atoms with Crippen LogP contribution in [0.2, 0.25) is 0 Å². The van der Waals surface area contributed by atoms with E-state index in [0.717, 1.165) is 41.7 Å². The molecule has 5 aliphatic heterocycles. The zero-order valence-corrected chi connectivity index (χ0v) is 63.3.